The molecule has 64 valence electrons. The Balaban J connectivity index is 3.13. The fourth-order valence-corrected chi connectivity index (χ4v) is 1.22. The number of carbonyl (C=O) groups excluding carboxylic acids is 1. The van der Waals surface area contributed by atoms with Crippen LogP contribution in [-0.4, -0.2) is 18.1 Å². The lowest BCUT2D eigenvalue weighted by Gasteiger charge is -2.01. The quantitative estimate of drug-likeness (QED) is 0.616. The molecule has 0 fully saturated rings. The van der Waals surface area contributed by atoms with Crippen LogP contribution in [0.25, 0.3) is 0 Å². The van der Waals surface area contributed by atoms with Crippen molar-refractivity contribution in [3.63, 3.8) is 0 Å². The highest BCUT2D eigenvalue weighted by Crippen LogP contribution is 2.12. The van der Waals surface area contributed by atoms with Gasteiger partial charge in [0.2, 0.25) is 0 Å². The van der Waals surface area contributed by atoms with Gasteiger partial charge in [0.05, 0.1) is 7.11 Å². The number of pyridine rings is 1. The summed E-state index contributed by atoms with van der Waals surface area (Å²) in [4.78, 5) is 14.9. The molecule has 0 saturated carbocycles. The van der Waals surface area contributed by atoms with E-state index in [-0.39, 0.29) is 5.69 Å². The first-order valence-electron chi connectivity index (χ1n) is 3.15. The van der Waals surface area contributed by atoms with Gasteiger partial charge in [0, 0.05) is 3.57 Å². The van der Waals surface area contributed by atoms with Gasteiger partial charge in [0.25, 0.3) is 0 Å². The third kappa shape index (κ3) is 1.84. The van der Waals surface area contributed by atoms with Crippen LogP contribution in [0.4, 0.5) is 5.82 Å². The number of methoxy groups -OCH3 is 1. The van der Waals surface area contributed by atoms with Crippen molar-refractivity contribution in [3.8, 4) is 0 Å². The Morgan fingerprint density at radius 1 is 1.67 bits per heavy atom. The third-order valence-corrected chi connectivity index (χ3v) is 2.12. The monoisotopic (exact) mass is 278 g/mol. The molecule has 0 aliphatic carbocycles. The van der Waals surface area contributed by atoms with Crippen molar-refractivity contribution in [1.29, 1.82) is 0 Å². The summed E-state index contributed by atoms with van der Waals surface area (Å²) < 4.78 is 5.24. The topological polar surface area (TPSA) is 65.2 Å². The molecular weight excluding hydrogens is 271 g/mol. The van der Waals surface area contributed by atoms with E-state index in [1.807, 2.05) is 22.6 Å². The van der Waals surface area contributed by atoms with Gasteiger partial charge in [-0.25, -0.2) is 9.78 Å². The second-order valence-corrected chi connectivity index (χ2v) is 3.22. The summed E-state index contributed by atoms with van der Waals surface area (Å²) in [7, 11) is 1.31. The molecule has 0 aliphatic heterocycles. The van der Waals surface area contributed by atoms with Crippen molar-refractivity contribution in [2.45, 2.75) is 0 Å². The highest BCUT2D eigenvalue weighted by molar-refractivity contribution is 14.1. The first-order valence-corrected chi connectivity index (χ1v) is 4.23. The Hall–Kier alpha value is -0.850. The van der Waals surface area contributed by atoms with Crippen LogP contribution in [-0.2, 0) is 4.74 Å². The zero-order valence-corrected chi connectivity index (χ0v) is 8.53. The second kappa shape index (κ2) is 3.70. The number of hydrogen-bond donors (Lipinski definition) is 1. The number of esters is 1. The maximum Gasteiger partial charge on any atom is 0.357 e. The molecule has 1 aromatic heterocycles. The molecule has 5 heteroatoms. The predicted octanol–water partition coefficient (Wildman–Crippen LogP) is 1.05. The first-order chi connectivity index (χ1) is 5.65. The largest absolute Gasteiger partial charge is 0.464 e. The highest BCUT2D eigenvalue weighted by atomic mass is 127. The summed E-state index contributed by atoms with van der Waals surface area (Å²) in [5.41, 5.74) is 5.66. The summed E-state index contributed by atoms with van der Waals surface area (Å²) in [6, 6.07) is 3.35. The number of ether oxygens (including phenoxy) is 1. The van der Waals surface area contributed by atoms with E-state index in [1.165, 1.54) is 7.11 Å². The van der Waals surface area contributed by atoms with E-state index >= 15 is 0 Å². The van der Waals surface area contributed by atoms with Crippen LogP contribution < -0.4 is 5.73 Å². The van der Waals surface area contributed by atoms with E-state index in [0.29, 0.717) is 5.82 Å². The molecule has 0 radical (unpaired) electrons. The zero-order chi connectivity index (χ0) is 9.14. The lowest BCUT2D eigenvalue weighted by molar-refractivity contribution is 0.0593. The molecule has 0 atom stereocenters. The maximum atomic E-state index is 11.0. The minimum absolute atomic E-state index is 0.262. The number of aromatic nitrogens is 1. The Kier molecular flexibility index (Phi) is 2.85. The van der Waals surface area contributed by atoms with Crippen LogP contribution in [0.1, 0.15) is 10.5 Å². The standard InChI is InChI=1S/C7H7IN2O2/c1-12-7(11)6-4(8)2-3-5(9)10-6/h2-3H,1H3,(H2,9,10). The molecule has 0 unspecified atom stereocenters. The van der Waals surface area contributed by atoms with Crippen molar-refractivity contribution in [2.75, 3.05) is 12.8 Å². The van der Waals surface area contributed by atoms with Gasteiger partial charge in [-0.05, 0) is 34.7 Å². The Morgan fingerprint density at radius 3 is 2.92 bits per heavy atom. The maximum absolute atomic E-state index is 11.0. The van der Waals surface area contributed by atoms with E-state index in [9.17, 15) is 4.79 Å². The smallest absolute Gasteiger partial charge is 0.357 e. The number of carbonyl (C=O) groups is 1. The SMILES string of the molecule is COC(=O)c1nc(N)ccc1I. The minimum Gasteiger partial charge on any atom is -0.464 e. The molecular formula is C7H7IN2O2. The van der Waals surface area contributed by atoms with Crippen LogP contribution in [0.2, 0.25) is 0 Å². The molecule has 0 amide bonds. The third-order valence-electron chi connectivity index (χ3n) is 1.25. The number of rotatable bonds is 1. The summed E-state index contributed by atoms with van der Waals surface area (Å²) >= 11 is 2.00. The number of nitrogen functional groups attached to an aromatic ring is 1. The summed E-state index contributed by atoms with van der Waals surface area (Å²) in [6.07, 6.45) is 0. The molecule has 1 heterocycles. The number of hydrogen-bond acceptors (Lipinski definition) is 4. The Labute approximate surface area is 83.3 Å². The normalized spacial score (nSPS) is 9.50. The fourth-order valence-electron chi connectivity index (χ4n) is 0.697. The molecule has 2 N–H and O–H groups in total. The van der Waals surface area contributed by atoms with Gasteiger partial charge < -0.3 is 10.5 Å². The molecule has 0 bridgehead atoms. The molecule has 12 heavy (non-hydrogen) atoms. The van der Waals surface area contributed by atoms with Crippen molar-refractivity contribution in [1.82, 2.24) is 4.98 Å². The first kappa shape index (κ1) is 9.24. The highest BCUT2D eigenvalue weighted by Gasteiger charge is 2.11. The van der Waals surface area contributed by atoms with Crippen molar-refractivity contribution >= 4 is 34.4 Å². The van der Waals surface area contributed by atoms with Gasteiger partial charge in [-0.2, -0.15) is 0 Å². The van der Waals surface area contributed by atoms with E-state index in [0.717, 1.165) is 3.57 Å². The zero-order valence-electron chi connectivity index (χ0n) is 6.37. The molecule has 4 nitrogen and oxygen atoms in total. The van der Waals surface area contributed by atoms with Crippen LogP contribution in [0.15, 0.2) is 12.1 Å². The van der Waals surface area contributed by atoms with Crippen molar-refractivity contribution in [3.05, 3.63) is 21.4 Å². The molecule has 0 saturated heterocycles. The van der Waals surface area contributed by atoms with E-state index < -0.39 is 5.97 Å². The van der Waals surface area contributed by atoms with Crippen LogP contribution in [0, 0.1) is 3.57 Å². The molecule has 0 aromatic carbocycles. The number of anilines is 1. The van der Waals surface area contributed by atoms with Gasteiger partial charge in [-0.15, -0.1) is 0 Å². The van der Waals surface area contributed by atoms with Gasteiger partial charge in [-0.3, -0.25) is 0 Å². The average molecular weight is 278 g/mol. The van der Waals surface area contributed by atoms with Gasteiger partial charge >= 0.3 is 5.97 Å². The molecule has 0 spiro atoms. The van der Waals surface area contributed by atoms with Crippen LogP contribution in [0.5, 0.6) is 0 Å². The van der Waals surface area contributed by atoms with Gasteiger partial charge in [0.15, 0.2) is 5.69 Å². The number of nitrogens with zero attached hydrogens (tertiary/aromatic N) is 1. The van der Waals surface area contributed by atoms with E-state index in [4.69, 9.17) is 5.73 Å². The summed E-state index contributed by atoms with van der Waals surface area (Å²) in [5, 5.41) is 0. The number of nitrogens with two attached hydrogens (primary N) is 1. The average Bonchev–Trinajstić information content (AvgIpc) is 2.08. The summed E-state index contributed by atoms with van der Waals surface area (Å²) in [6.45, 7) is 0. The minimum atomic E-state index is -0.466. The molecule has 1 aromatic rings. The molecule has 0 aliphatic rings. The lowest BCUT2D eigenvalue weighted by Crippen LogP contribution is -2.08. The summed E-state index contributed by atoms with van der Waals surface area (Å²) in [5.74, 6) is -0.150. The predicted molar refractivity (Wildman–Crippen MR) is 52.7 cm³/mol. The van der Waals surface area contributed by atoms with Gasteiger partial charge in [0.1, 0.15) is 5.82 Å². The van der Waals surface area contributed by atoms with Crippen LogP contribution in [0.3, 0.4) is 0 Å². The number of halogens is 1. The van der Waals surface area contributed by atoms with Crippen molar-refractivity contribution < 1.29 is 9.53 Å². The van der Waals surface area contributed by atoms with Gasteiger partial charge in [-0.1, -0.05) is 0 Å². The Bertz CT molecular complexity index is 314. The fraction of sp³-hybridized carbons (Fsp3) is 0.143. The van der Waals surface area contributed by atoms with Crippen LogP contribution >= 0.6 is 22.6 Å². The lowest BCUT2D eigenvalue weighted by atomic mass is 10.3. The molecule has 1 rings (SSSR count). The van der Waals surface area contributed by atoms with Crippen molar-refractivity contribution in [2.24, 2.45) is 0 Å². The van der Waals surface area contributed by atoms with E-state index in [1.54, 1.807) is 12.1 Å². The Morgan fingerprint density at radius 2 is 2.33 bits per heavy atom. The second-order valence-electron chi connectivity index (χ2n) is 2.06. The van der Waals surface area contributed by atoms with E-state index in [2.05, 4.69) is 9.72 Å².